The first-order valence-electron chi connectivity index (χ1n) is 7.81. The first-order valence-corrected chi connectivity index (χ1v) is 9.29. The second kappa shape index (κ2) is 7.57. The Kier molecular flexibility index (Phi) is 5.69. The Bertz CT molecular complexity index is 859. The summed E-state index contributed by atoms with van der Waals surface area (Å²) in [4.78, 5) is 12.3. The van der Waals surface area contributed by atoms with Crippen LogP contribution >= 0.6 is 0 Å². The number of nitrogens with one attached hydrogen (secondary N) is 2. The van der Waals surface area contributed by atoms with Crippen molar-refractivity contribution < 1.29 is 17.9 Å². The van der Waals surface area contributed by atoms with Crippen molar-refractivity contribution in [2.45, 2.75) is 31.7 Å². The van der Waals surface area contributed by atoms with Gasteiger partial charge in [0, 0.05) is 17.3 Å². The number of anilines is 1. The van der Waals surface area contributed by atoms with Gasteiger partial charge in [-0.15, -0.1) is 0 Å². The van der Waals surface area contributed by atoms with Gasteiger partial charge < -0.3 is 10.1 Å². The van der Waals surface area contributed by atoms with E-state index in [-0.39, 0.29) is 16.8 Å². The molecule has 0 fully saturated rings. The largest absolute Gasteiger partial charge is 0.497 e. The molecule has 2 aromatic carbocycles. The maximum absolute atomic E-state index is 12.6. The van der Waals surface area contributed by atoms with E-state index in [1.54, 1.807) is 37.3 Å². The Labute approximate surface area is 148 Å². The summed E-state index contributed by atoms with van der Waals surface area (Å²) >= 11 is 0. The minimum absolute atomic E-state index is 0.0304. The highest BCUT2D eigenvalue weighted by Gasteiger charge is 2.18. The number of carbonyl (C=O) groups is 1. The number of hydrogen-bond donors (Lipinski definition) is 2. The lowest BCUT2D eigenvalue weighted by Crippen LogP contribution is -2.30. The Hall–Kier alpha value is -2.54. The molecule has 2 aromatic rings. The molecule has 2 N–H and O–H groups in total. The molecule has 0 saturated heterocycles. The lowest BCUT2D eigenvalue weighted by molar-refractivity contribution is 0.0942. The zero-order valence-corrected chi connectivity index (χ0v) is 15.5. The van der Waals surface area contributed by atoms with Crippen molar-refractivity contribution in [2.24, 2.45) is 0 Å². The third kappa shape index (κ3) is 4.73. The predicted octanol–water partition coefficient (Wildman–Crippen LogP) is 2.94. The van der Waals surface area contributed by atoms with Crippen LogP contribution in [0.25, 0.3) is 0 Å². The van der Waals surface area contributed by atoms with Gasteiger partial charge in [-0.05, 0) is 62.7 Å². The maximum Gasteiger partial charge on any atom is 0.261 e. The number of benzene rings is 2. The van der Waals surface area contributed by atoms with Crippen LogP contribution in [0.3, 0.4) is 0 Å². The summed E-state index contributed by atoms with van der Waals surface area (Å²) in [6.45, 7) is 5.46. The van der Waals surface area contributed by atoms with Gasteiger partial charge in [0.25, 0.3) is 15.9 Å². The number of ether oxygens (including phenoxy) is 1. The monoisotopic (exact) mass is 362 g/mol. The van der Waals surface area contributed by atoms with Crippen LogP contribution in [0, 0.1) is 6.92 Å². The molecule has 0 atom stereocenters. The molecule has 0 radical (unpaired) electrons. The van der Waals surface area contributed by atoms with Crippen molar-refractivity contribution >= 4 is 21.6 Å². The summed E-state index contributed by atoms with van der Waals surface area (Å²) in [7, 11) is -2.27. The standard InChI is InChI=1S/C18H22N2O4S/c1-12(2)19-18(21)17-11-16(10-5-13(17)3)25(22,23)20-14-6-8-15(24-4)9-7-14/h5-12,20H,1-4H3,(H,19,21). The lowest BCUT2D eigenvalue weighted by Gasteiger charge is -2.13. The number of methoxy groups -OCH3 is 1. The number of aryl methyl sites for hydroxylation is 1. The van der Waals surface area contributed by atoms with E-state index in [4.69, 9.17) is 4.74 Å². The molecule has 134 valence electrons. The highest BCUT2D eigenvalue weighted by atomic mass is 32.2. The van der Waals surface area contributed by atoms with Crippen molar-refractivity contribution in [3.8, 4) is 5.75 Å². The molecule has 7 heteroatoms. The molecular formula is C18H22N2O4S. The molecule has 2 rings (SSSR count). The molecular weight excluding hydrogens is 340 g/mol. The van der Waals surface area contributed by atoms with Crippen LogP contribution in [0.2, 0.25) is 0 Å². The average molecular weight is 362 g/mol. The van der Waals surface area contributed by atoms with Crippen LogP contribution < -0.4 is 14.8 Å². The normalized spacial score (nSPS) is 11.2. The number of amides is 1. The average Bonchev–Trinajstić information content (AvgIpc) is 2.54. The van der Waals surface area contributed by atoms with Crippen molar-refractivity contribution in [2.75, 3.05) is 11.8 Å². The van der Waals surface area contributed by atoms with E-state index in [1.165, 1.54) is 19.2 Å². The third-order valence-corrected chi connectivity index (χ3v) is 4.90. The molecule has 0 bridgehead atoms. The van der Waals surface area contributed by atoms with Gasteiger partial charge in [-0.3, -0.25) is 9.52 Å². The molecule has 0 aliphatic rings. The number of carbonyl (C=O) groups excluding carboxylic acids is 1. The zero-order chi connectivity index (χ0) is 18.6. The van der Waals surface area contributed by atoms with Crippen LogP contribution in [0.5, 0.6) is 5.75 Å². The van der Waals surface area contributed by atoms with E-state index in [0.29, 0.717) is 22.6 Å². The molecule has 0 aromatic heterocycles. The van der Waals surface area contributed by atoms with Crippen LogP contribution in [0.4, 0.5) is 5.69 Å². The van der Waals surface area contributed by atoms with E-state index < -0.39 is 10.0 Å². The van der Waals surface area contributed by atoms with Gasteiger partial charge in [-0.2, -0.15) is 0 Å². The van der Waals surface area contributed by atoms with Gasteiger partial charge in [0.2, 0.25) is 0 Å². The second-order valence-corrected chi connectivity index (χ2v) is 7.62. The fourth-order valence-electron chi connectivity index (χ4n) is 2.23. The number of hydrogen-bond acceptors (Lipinski definition) is 4. The van der Waals surface area contributed by atoms with Crippen LogP contribution in [0.15, 0.2) is 47.4 Å². The predicted molar refractivity (Wildman–Crippen MR) is 97.6 cm³/mol. The second-order valence-electron chi connectivity index (χ2n) is 5.94. The molecule has 25 heavy (non-hydrogen) atoms. The molecule has 0 unspecified atom stereocenters. The Morgan fingerprint density at radius 1 is 1.08 bits per heavy atom. The summed E-state index contributed by atoms with van der Waals surface area (Å²) in [5.74, 6) is 0.333. The number of rotatable bonds is 6. The minimum Gasteiger partial charge on any atom is -0.497 e. The Morgan fingerprint density at radius 3 is 2.28 bits per heavy atom. The summed E-state index contributed by atoms with van der Waals surface area (Å²) in [6, 6.07) is 11.0. The molecule has 0 aliphatic heterocycles. The zero-order valence-electron chi connectivity index (χ0n) is 14.7. The quantitative estimate of drug-likeness (QED) is 0.827. The summed E-state index contributed by atoms with van der Waals surface area (Å²) in [5, 5.41) is 2.77. The maximum atomic E-state index is 12.6. The Balaban J connectivity index is 2.30. The molecule has 6 nitrogen and oxygen atoms in total. The fraction of sp³-hybridized carbons (Fsp3) is 0.278. The third-order valence-electron chi connectivity index (χ3n) is 3.53. The molecule has 1 amide bonds. The molecule has 0 aliphatic carbocycles. The van der Waals surface area contributed by atoms with E-state index in [2.05, 4.69) is 10.0 Å². The van der Waals surface area contributed by atoms with Crippen LogP contribution in [0.1, 0.15) is 29.8 Å². The van der Waals surface area contributed by atoms with Crippen molar-refractivity contribution in [1.29, 1.82) is 0 Å². The smallest absolute Gasteiger partial charge is 0.261 e. The first kappa shape index (κ1) is 18.8. The van der Waals surface area contributed by atoms with Crippen LogP contribution in [-0.4, -0.2) is 27.5 Å². The van der Waals surface area contributed by atoms with Crippen molar-refractivity contribution in [3.63, 3.8) is 0 Å². The highest BCUT2D eigenvalue weighted by Crippen LogP contribution is 2.21. The van der Waals surface area contributed by atoms with E-state index in [0.717, 1.165) is 0 Å². The van der Waals surface area contributed by atoms with Crippen LogP contribution in [-0.2, 0) is 10.0 Å². The highest BCUT2D eigenvalue weighted by molar-refractivity contribution is 7.92. The Morgan fingerprint density at radius 2 is 1.72 bits per heavy atom. The molecule has 0 spiro atoms. The summed E-state index contributed by atoms with van der Waals surface area (Å²) < 4.78 is 32.7. The minimum atomic E-state index is -3.80. The number of sulfonamides is 1. The van der Waals surface area contributed by atoms with E-state index in [1.807, 2.05) is 13.8 Å². The molecule has 0 heterocycles. The fourth-order valence-corrected chi connectivity index (χ4v) is 3.31. The van der Waals surface area contributed by atoms with Gasteiger partial charge in [0.15, 0.2) is 0 Å². The van der Waals surface area contributed by atoms with Crippen molar-refractivity contribution in [3.05, 3.63) is 53.6 Å². The van der Waals surface area contributed by atoms with Gasteiger partial charge in [-0.1, -0.05) is 6.07 Å². The van der Waals surface area contributed by atoms with Crippen molar-refractivity contribution in [1.82, 2.24) is 5.32 Å². The van der Waals surface area contributed by atoms with E-state index in [9.17, 15) is 13.2 Å². The summed E-state index contributed by atoms with van der Waals surface area (Å²) in [6.07, 6.45) is 0. The van der Waals surface area contributed by atoms with Gasteiger partial charge in [0.05, 0.1) is 12.0 Å². The van der Waals surface area contributed by atoms with Gasteiger partial charge in [0.1, 0.15) is 5.75 Å². The summed E-state index contributed by atoms with van der Waals surface area (Å²) in [5.41, 5.74) is 1.46. The van der Waals surface area contributed by atoms with E-state index >= 15 is 0 Å². The van der Waals surface area contributed by atoms with Gasteiger partial charge >= 0.3 is 0 Å². The lowest BCUT2D eigenvalue weighted by atomic mass is 10.1. The molecule has 0 saturated carbocycles. The topological polar surface area (TPSA) is 84.5 Å². The SMILES string of the molecule is COc1ccc(NS(=O)(=O)c2ccc(C)c(C(=O)NC(C)C)c2)cc1. The first-order chi connectivity index (χ1) is 11.7. The van der Waals surface area contributed by atoms with Gasteiger partial charge in [-0.25, -0.2) is 8.42 Å².